The first-order valence-electron chi connectivity index (χ1n) is 6.49. The van der Waals surface area contributed by atoms with Gasteiger partial charge in [0.05, 0.1) is 15.1 Å². The Morgan fingerprint density at radius 2 is 1.60 bits per heavy atom. The van der Waals surface area contributed by atoms with Gasteiger partial charge in [0.15, 0.2) is 0 Å². The van der Waals surface area contributed by atoms with Gasteiger partial charge in [-0.2, -0.15) is 0 Å². The summed E-state index contributed by atoms with van der Waals surface area (Å²) < 4.78 is 4.10. The van der Waals surface area contributed by atoms with Crippen LogP contribution in [0.15, 0.2) is 24.3 Å². The van der Waals surface area contributed by atoms with Gasteiger partial charge in [-0.3, -0.25) is 0 Å². The predicted octanol–water partition coefficient (Wildman–Crippen LogP) is 6.16. The van der Waals surface area contributed by atoms with Crippen LogP contribution in [0.2, 0.25) is 0 Å². The second kappa shape index (κ2) is 4.38. The van der Waals surface area contributed by atoms with Crippen LogP contribution in [0.4, 0.5) is 0 Å². The Kier molecular flexibility index (Phi) is 2.74. The van der Waals surface area contributed by atoms with Gasteiger partial charge >= 0.3 is 0 Å². The molecule has 1 aromatic carbocycles. The van der Waals surface area contributed by atoms with Gasteiger partial charge in [-0.05, 0) is 44.0 Å². The molecule has 0 aliphatic rings. The number of hydrogen-bond acceptors (Lipinski definition) is 4. The Balaban J connectivity index is 1.94. The number of nitrogens with zero attached hydrogens (tertiary/aromatic N) is 1. The van der Waals surface area contributed by atoms with Gasteiger partial charge in [0.2, 0.25) is 0 Å². The third kappa shape index (κ3) is 1.83. The minimum atomic E-state index is 1.16. The molecule has 0 aliphatic heterocycles. The van der Waals surface area contributed by atoms with Crippen LogP contribution in [-0.4, -0.2) is 4.98 Å². The molecule has 0 unspecified atom stereocenters. The van der Waals surface area contributed by atoms with E-state index < -0.39 is 0 Å². The summed E-state index contributed by atoms with van der Waals surface area (Å²) in [6, 6.07) is 8.92. The molecule has 0 radical (unpaired) electrons. The van der Waals surface area contributed by atoms with Gasteiger partial charge in [-0.15, -0.1) is 34.0 Å². The van der Waals surface area contributed by atoms with Gasteiger partial charge < -0.3 is 0 Å². The van der Waals surface area contributed by atoms with Crippen LogP contribution in [0.5, 0.6) is 0 Å². The van der Waals surface area contributed by atoms with E-state index in [1.54, 1.807) is 0 Å². The Morgan fingerprint density at radius 3 is 2.35 bits per heavy atom. The number of fused-ring (bicyclic) bond motifs is 2. The van der Waals surface area contributed by atoms with E-state index in [1.807, 2.05) is 34.0 Å². The zero-order chi connectivity index (χ0) is 13.9. The fraction of sp³-hybridized carbons (Fsp3) is 0.188. The highest BCUT2D eigenvalue weighted by atomic mass is 32.1. The van der Waals surface area contributed by atoms with Crippen molar-refractivity contribution in [3.63, 3.8) is 0 Å². The molecule has 0 saturated carbocycles. The molecule has 0 fully saturated rings. The number of aromatic nitrogens is 1. The molecule has 100 valence electrons. The first kappa shape index (κ1) is 12.5. The Labute approximate surface area is 129 Å². The molecule has 0 aliphatic carbocycles. The van der Waals surface area contributed by atoms with Gasteiger partial charge in [0.1, 0.15) is 5.01 Å². The first-order chi connectivity index (χ1) is 9.61. The standard InChI is InChI=1S/C16H13NS3/c1-8-4-5-9(2)15-14(8)17-16(20-15)13-7-12-11(19-13)6-10(3)18-12/h4-7H,1-3H3. The molecular formula is C16H13NS3. The van der Waals surface area contributed by atoms with Crippen molar-refractivity contribution in [2.75, 3.05) is 0 Å². The summed E-state index contributed by atoms with van der Waals surface area (Å²) in [5, 5.41) is 1.16. The predicted molar refractivity (Wildman–Crippen MR) is 92.5 cm³/mol. The maximum atomic E-state index is 4.87. The Bertz CT molecular complexity index is 869. The van der Waals surface area contributed by atoms with Crippen molar-refractivity contribution >= 4 is 53.6 Å². The molecule has 0 amide bonds. The summed E-state index contributed by atoms with van der Waals surface area (Å²) >= 11 is 5.54. The van der Waals surface area contributed by atoms with E-state index in [0.29, 0.717) is 0 Å². The van der Waals surface area contributed by atoms with Crippen LogP contribution in [0, 0.1) is 20.8 Å². The highest BCUT2D eigenvalue weighted by Crippen LogP contribution is 2.41. The summed E-state index contributed by atoms with van der Waals surface area (Å²) in [7, 11) is 0. The maximum Gasteiger partial charge on any atom is 0.134 e. The topological polar surface area (TPSA) is 12.9 Å². The van der Waals surface area contributed by atoms with Gasteiger partial charge in [-0.25, -0.2) is 4.98 Å². The third-order valence-electron chi connectivity index (χ3n) is 3.48. The van der Waals surface area contributed by atoms with Crippen LogP contribution >= 0.6 is 34.0 Å². The highest BCUT2D eigenvalue weighted by Gasteiger charge is 2.13. The molecule has 4 rings (SSSR count). The van der Waals surface area contributed by atoms with Crippen LogP contribution in [0.25, 0.3) is 29.5 Å². The van der Waals surface area contributed by atoms with Crippen molar-refractivity contribution in [1.29, 1.82) is 0 Å². The van der Waals surface area contributed by atoms with Gasteiger partial charge in [0, 0.05) is 14.3 Å². The lowest BCUT2D eigenvalue weighted by molar-refractivity contribution is 1.41. The molecule has 0 atom stereocenters. The zero-order valence-corrected chi connectivity index (χ0v) is 13.9. The van der Waals surface area contributed by atoms with E-state index in [2.05, 4.69) is 45.0 Å². The SMILES string of the molecule is Cc1cc2sc(-c3nc4c(C)ccc(C)c4s3)cc2s1. The summed E-state index contributed by atoms with van der Waals surface area (Å²) in [4.78, 5) is 7.55. The van der Waals surface area contributed by atoms with E-state index >= 15 is 0 Å². The lowest BCUT2D eigenvalue weighted by Gasteiger charge is -1.96. The van der Waals surface area contributed by atoms with Crippen LogP contribution in [0.1, 0.15) is 16.0 Å². The molecule has 1 nitrogen and oxygen atoms in total. The van der Waals surface area contributed by atoms with E-state index in [0.717, 1.165) is 10.5 Å². The second-order valence-electron chi connectivity index (χ2n) is 5.09. The van der Waals surface area contributed by atoms with Gasteiger partial charge in [-0.1, -0.05) is 12.1 Å². The van der Waals surface area contributed by atoms with Crippen molar-refractivity contribution in [3.8, 4) is 9.88 Å². The average molecular weight is 315 g/mol. The van der Waals surface area contributed by atoms with Crippen molar-refractivity contribution in [1.82, 2.24) is 4.98 Å². The molecule has 3 aromatic heterocycles. The molecule has 0 saturated heterocycles. The Hall–Kier alpha value is -1.23. The van der Waals surface area contributed by atoms with Crippen LogP contribution in [-0.2, 0) is 0 Å². The number of rotatable bonds is 1. The van der Waals surface area contributed by atoms with Crippen LogP contribution in [0.3, 0.4) is 0 Å². The van der Waals surface area contributed by atoms with Crippen LogP contribution < -0.4 is 0 Å². The fourth-order valence-electron chi connectivity index (χ4n) is 2.43. The van der Waals surface area contributed by atoms with E-state index in [-0.39, 0.29) is 0 Å². The lowest BCUT2D eigenvalue weighted by Crippen LogP contribution is -1.78. The number of thiophene rings is 2. The lowest BCUT2D eigenvalue weighted by atomic mass is 10.1. The molecule has 0 spiro atoms. The molecular weight excluding hydrogens is 302 g/mol. The number of thiazole rings is 1. The first-order valence-corrected chi connectivity index (χ1v) is 8.94. The molecule has 3 heterocycles. The normalized spacial score (nSPS) is 11.8. The minimum absolute atomic E-state index is 1.16. The van der Waals surface area contributed by atoms with E-state index in [1.165, 1.54) is 35.0 Å². The molecule has 0 bridgehead atoms. The molecule has 0 N–H and O–H groups in total. The quantitative estimate of drug-likeness (QED) is 0.409. The number of hydrogen-bond donors (Lipinski definition) is 0. The molecule has 4 aromatic rings. The summed E-state index contributed by atoms with van der Waals surface area (Å²) in [6.07, 6.45) is 0. The molecule has 20 heavy (non-hydrogen) atoms. The number of aryl methyl sites for hydroxylation is 3. The largest absolute Gasteiger partial charge is 0.235 e. The fourth-order valence-corrected chi connectivity index (χ4v) is 5.90. The van der Waals surface area contributed by atoms with Crippen molar-refractivity contribution in [3.05, 3.63) is 40.3 Å². The summed E-state index contributed by atoms with van der Waals surface area (Å²) in [5.74, 6) is 0. The average Bonchev–Trinajstić information content (AvgIpc) is 3.05. The van der Waals surface area contributed by atoms with Crippen molar-refractivity contribution in [2.24, 2.45) is 0 Å². The molecule has 4 heteroatoms. The van der Waals surface area contributed by atoms with Crippen molar-refractivity contribution < 1.29 is 0 Å². The number of benzene rings is 1. The maximum absolute atomic E-state index is 4.87. The van der Waals surface area contributed by atoms with Crippen molar-refractivity contribution in [2.45, 2.75) is 20.8 Å². The summed E-state index contributed by atoms with van der Waals surface area (Å²) in [5.41, 5.74) is 3.75. The van der Waals surface area contributed by atoms with Gasteiger partial charge in [0.25, 0.3) is 0 Å². The smallest absolute Gasteiger partial charge is 0.134 e. The second-order valence-corrected chi connectivity index (χ2v) is 8.46. The monoisotopic (exact) mass is 315 g/mol. The highest BCUT2D eigenvalue weighted by molar-refractivity contribution is 7.32. The minimum Gasteiger partial charge on any atom is -0.235 e. The summed E-state index contributed by atoms with van der Waals surface area (Å²) in [6.45, 7) is 6.48. The van der Waals surface area contributed by atoms with E-state index in [4.69, 9.17) is 4.98 Å². The Morgan fingerprint density at radius 1 is 0.850 bits per heavy atom. The third-order valence-corrected chi connectivity index (χ3v) is 7.05. The van der Waals surface area contributed by atoms with E-state index in [9.17, 15) is 0 Å². The zero-order valence-electron chi connectivity index (χ0n) is 11.5.